The molecule has 4 N–H and O–H groups in total. The van der Waals surface area contributed by atoms with Gasteiger partial charge in [0.25, 0.3) is 0 Å². The van der Waals surface area contributed by atoms with Crippen LogP contribution in [0.3, 0.4) is 0 Å². The molecule has 12 heterocycles. The molecule has 3 aromatic carbocycles. The van der Waals surface area contributed by atoms with Crippen LogP contribution in [0, 0.1) is 17.5 Å². The van der Waals surface area contributed by atoms with Crippen molar-refractivity contribution in [3.8, 4) is 33.4 Å². The molecule has 3 aromatic heterocycles. The molecule has 4 amide bonds. The zero-order valence-corrected chi connectivity index (χ0v) is 53.3. The number of cyclic esters (lactones) is 3. The van der Waals surface area contributed by atoms with Crippen LogP contribution in [0.25, 0.3) is 33.4 Å². The fourth-order valence-corrected chi connectivity index (χ4v) is 13.5. The second-order valence-electron chi connectivity index (χ2n) is 24.8. The topological polar surface area (TPSA) is 325 Å². The average Bonchev–Trinajstić information content (AvgIpc) is 1.60. The van der Waals surface area contributed by atoms with Crippen LogP contribution in [0.4, 0.5) is 44.6 Å². The molecule has 9 atom stereocenters. The number of anilines is 3. The highest BCUT2D eigenvalue weighted by Crippen LogP contribution is 2.46. The highest BCUT2D eigenvalue weighted by atomic mass is 19.1. The Morgan fingerprint density at radius 3 is 1.20 bits per heavy atom. The highest BCUT2D eigenvalue weighted by molar-refractivity contribution is 6.02. The van der Waals surface area contributed by atoms with Crippen molar-refractivity contribution in [3.63, 3.8) is 0 Å². The molecule has 0 aliphatic carbocycles. The summed E-state index contributed by atoms with van der Waals surface area (Å²) in [6, 6.07) is 19.0. The van der Waals surface area contributed by atoms with Crippen LogP contribution in [0.2, 0.25) is 0 Å². The molecule has 0 radical (unpaired) electrons. The number of Topliss-reactive ketones (excluding diaryl/α,β-unsaturated/α-hetero) is 1. The number of rotatable bonds is 18. The highest BCUT2D eigenvalue weighted by Gasteiger charge is 2.51. The Hall–Kier alpha value is -10.4. The number of amides is 4. The predicted molar refractivity (Wildman–Crippen MR) is 343 cm³/mol. The van der Waals surface area contributed by atoms with Gasteiger partial charge in [-0.05, 0) is 103 Å². The van der Waals surface area contributed by atoms with Gasteiger partial charge in [-0.25, -0.2) is 27.6 Å². The summed E-state index contributed by atoms with van der Waals surface area (Å²) in [6.07, 6.45) is 5.43. The fraction of sp³-hybridized carbons (Fsp3) is 0.391. The number of pyridine rings is 3. The van der Waals surface area contributed by atoms with Crippen LogP contribution < -0.4 is 20.0 Å². The second kappa shape index (κ2) is 28.0. The number of aromatic nitrogens is 3. The number of carbonyl (C=O) groups excluding carboxylic acids is 6. The number of benzene rings is 3. The quantitative estimate of drug-likeness (QED) is 0.0472. The van der Waals surface area contributed by atoms with Gasteiger partial charge in [-0.1, -0.05) is 40.6 Å². The normalized spacial score (nSPS) is 23.2. The SMILES string of the molecule is CC(=O)NC[C@@H]1OC(=O)N2c3cc(F)c(-c4ccc(C5=NO[C@H](CO)C5)nc4)cc3C[C@@H]12.CCC(=O)CC[C@@H]1OC(=O)N2c3cc(F)c(-c4ccc(C5=NO[C@H](CO)C5)nc4)cc3C[C@@H]12.COC(=O)CC[C@@H]1OC(=O)N2c3cc(F)c(-c4ccc(C5=NO[C@H](CO)C5)nc4)cc3C[C@@H]12. The minimum atomic E-state index is -0.539. The lowest BCUT2D eigenvalue weighted by molar-refractivity contribution is -0.141. The number of nitrogens with one attached hydrogen (secondary N) is 1. The van der Waals surface area contributed by atoms with Gasteiger partial charge in [-0.2, -0.15) is 0 Å². The van der Waals surface area contributed by atoms with Gasteiger partial charge >= 0.3 is 24.2 Å². The second-order valence-corrected chi connectivity index (χ2v) is 24.8. The van der Waals surface area contributed by atoms with Crippen molar-refractivity contribution < 1.29 is 90.7 Å². The number of fused-ring (bicyclic) bond motifs is 9. The molecule has 6 aromatic rings. The average molecular weight is 1350 g/mol. The molecular weight excluding hydrogens is 1280 g/mol. The molecule has 0 saturated carbocycles. The van der Waals surface area contributed by atoms with E-state index in [9.17, 15) is 39.0 Å². The third kappa shape index (κ3) is 13.2. The first-order chi connectivity index (χ1) is 47.4. The maximum atomic E-state index is 15.1. The number of carbonyl (C=O) groups is 6. The minimum Gasteiger partial charge on any atom is -0.469 e. The monoisotopic (exact) mass is 1350 g/mol. The van der Waals surface area contributed by atoms with E-state index in [1.165, 1.54) is 46.9 Å². The molecular formula is C69H67F3N10O16. The summed E-state index contributed by atoms with van der Waals surface area (Å²) < 4.78 is 66.1. The third-order valence-corrected chi connectivity index (χ3v) is 18.6. The molecule has 98 heavy (non-hydrogen) atoms. The predicted octanol–water partition coefficient (Wildman–Crippen LogP) is 7.72. The van der Waals surface area contributed by atoms with Gasteiger partial charge in [0.2, 0.25) is 5.91 Å². The number of hydrogen-bond acceptors (Lipinski definition) is 22. The first-order valence-corrected chi connectivity index (χ1v) is 32.1. The fourth-order valence-electron chi connectivity index (χ4n) is 13.5. The van der Waals surface area contributed by atoms with Crippen molar-refractivity contribution in [2.24, 2.45) is 15.5 Å². The number of nitrogens with zero attached hydrogens (tertiary/aromatic N) is 9. The van der Waals surface area contributed by atoms with Gasteiger partial charge in [0.15, 0.2) is 18.3 Å². The van der Waals surface area contributed by atoms with E-state index in [0.29, 0.717) is 149 Å². The van der Waals surface area contributed by atoms with Crippen molar-refractivity contribution in [2.45, 2.75) is 139 Å². The van der Waals surface area contributed by atoms with E-state index in [1.807, 2.05) is 6.92 Å². The molecule has 0 spiro atoms. The molecule has 3 fully saturated rings. The van der Waals surface area contributed by atoms with Gasteiger partial charge in [0, 0.05) is 97.4 Å². The molecule has 0 unspecified atom stereocenters. The van der Waals surface area contributed by atoms with E-state index in [1.54, 1.807) is 73.2 Å². The van der Waals surface area contributed by atoms with Crippen LogP contribution in [0.5, 0.6) is 0 Å². The lowest BCUT2D eigenvalue weighted by Crippen LogP contribution is -2.40. The zero-order chi connectivity index (χ0) is 68.6. The van der Waals surface area contributed by atoms with Crippen molar-refractivity contribution in [1.82, 2.24) is 20.3 Å². The summed E-state index contributed by atoms with van der Waals surface area (Å²) in [6.45, 7) is 3.06. The molecule has 15 rings (SSSR count). The molecule has 3 saturated heterocycles. The van der Waals surface area contributed by atoms with Crippen LogP contribution in [-0.2, 0) is 67.1 Å². The number of aliphatic hydroxyl groups excluding tert-OH is 3. The number of ketones is 1. The number of aliphatic hydroxyl groups is 3. The molecule has 9 aliphatic heterocycles. The molecule has 26 nitrogen and oxygen atoms in total. The lowest BCUT2D eigenvalue weighted by atomic mass is 9.98. The van der Waals surface area contributed by atoms with E-state index in [2.05, 4.69) is 40.5 Å². The van der Waals surface area contributed by atoms with Crippen LogP contribution >= 0.6 is 0 Å². The van der Waals surface area contributed by atoms with Gasteiger partial charge < -0.3 is 54.1 Å². The van der Waals surface area contributed by atoms with E-state index in [0.717, 1.165) is 16.7 Å². The Morgan fingerprint density at radius 1 is 0.531 bits per heavy atom. The van der Waals surface area contributed by atoms with E-state index in [-0.39, 0.29) is 93.0 Å². The first-order valence-electron chi connectivity index (χ1n) is 32.1. The van der Waals surface area contributed by atoms with Gasteiger partial charge in [0.05, 0.1) is 85.7 Å². The van der Waals surface area contributed by atoms with E-state index >= 15 is 13.2 Å². The van der Waals surface area contributed by atoms with E-state index < -0.39 is 47.9 Å². The first kappa shape index (κ1) is 66.2. The minimum absolute atomic E-state index is 0.118. The molecule has 9 aliphatic rings. The smallest absolute Gasteiger partial charge is 0.415 e. The Labute approximate surface area is 557 Å². The summed E-state index contributed by atoms with van der Waals surface area (Å²) >= 11 is 0. The zero-order valence-electron chi connectivity index (χ0n) is 53.3. The third-order valence-electron chi connectivity index (χ3n) is 18.6. The number of esters is 1. The van der Waals surface area contributed by atoms with Crippen molar-refractivity contribution in [1.29, 1.82) is 0 Å². The number of methoxy groups -OCH3 is 1. The van der Waals surface area contributed by atoms with Crippen molar-refractivity contribution >= 4 is 70.1 Å². The number of hydrogen-bond donors (Lipinski definition) is 4. The lowest BCUT2D eigenvalue weighted by Gasteiger charge is -2.16. The Morgan fingerprint density at radius 2 is 0.888 bits per heavy atom. The van der Waals surface area contributed by atoms with Gasteiger partial charge in [-0.3, -0.25) is 44.0 Å². The summed E-state index contributed by atoms with van der Waals surface area (Å²) in [7, 11) is 1.31. The standard InChI is InChI=1S/C24H24FN3O5.C23H22FN3O6.C22H21FN4O5/c1-2-15(30)4-6-23-22-8-14-7-17(18(25)10-21(14)28(22)24(31)32-23)13-3-5-19(26-11-13)20-9-16(12-29)33-27-20;1-31-22(29)5-4-21-20-7-13-6-15(16(24)9-19(13)27(20)23(30)32-21)12-2-3-17(25-10-12)18-8-14(11-28)33-26-18;1-11(29)24-9-21-20-5-13-4-15(16(23)7-19(13)27(20)22(30)31-21)12-2-3-17(25-8-12)18-6-14(10-28)32-26-18/h3,5,7,10-11,16,22-23,29H,2,4,6,8-9,12H2,1H3;2-3,6,9-10,14,20-21,28H,4-5,7-8,11H2,1H3;2-4,7-8,14,20-21,28H,5-6,9-10H2,1H3,(H,24,29)/t16-,22-,23-;2*14-,20-,21-/m000/s1. The maximum Gasteiger partial charge on any atom is 0.415 e. The van der Waals surface area contributed by atoms with Crippen LogP contribution in [0.15, 0.2) is 107 Å². The molecule has 0 bridgehead atoms. The summed E-state index contributed by atoms with van der Waals surface area (Å²) in [4.78, 5) is 105. The van der Waals surface area contributed by atoms with Crippen LogP contribution in [0.1, 0.15) is 99.0 Å². The molecule has 29 heteroatoms. The number of ether oxygens (including phenoxy) is 4. The molecule has 510 valence electrons. The van der Waals surface area contributed by atoms with Crippen molar-refractivity contribution in [2.75, 3.05) is 48.2 Å². The summed E-state index contributed by atoms with van der Waals surface area (Å²) in [5, 5.41) is 42.0. The number of halogens is 3. The van der Waals surface area contributed by atoms with Crippen molar-refractivity contribution in [3.05, 3.63) is 143 Å². The Bertz CT molecular complexity index is 4060. The van der Waals surface area contributed by atoms with E-state index in [4.69, 9.17) is 33.8 Å². The van der Waals surface area contributed by atoms with Gasteiger partial charge in [0.1, 0.15) is 58.7 Å². The number of oxime groups is 3. The van der Waals surface area contributed by atoms with Crippen LogP contribution in [-0.4, -0.2) is 172 Å². The largest absolute Gasteiger partial charge is 0.469 e. The summed E-state index contributed by atoms with van der Waals surface area (Å²) in [5.41, 5.74) is 10.7. The maximum absolute atomic E-state index is 15.1. The Balaban J connectivity index is 0.000000132. The Kier molecular flexibility index (Phi) is 18.9. The summed E-state index contributed by atoms with van der Waals surface area (Å²) in [5.74, 6) is -1.85. The van der Waals surface area contributed by atoms with Gasteiger partial charge in [-0.15, -0.1) is 0 Å².